The molecule has 0 saturated carbocycles. The highest BCUT2D eigenvalue weighted by Crippen LogP contribution is 2.35. The quantitative estimate of drug-likeness (QED) is 0.343. The van der Waals surface area contributed by atoms with Gasteiger partial charge in [0, 0.05) is 11.1 Å². The Hall–Kier alpha value is -3.02. The Morgan fingerprint density at radius 2 is 1.67 bits per heavy atom. The normalized spacial score (nSPS) is 10.7. The highest BCUT2D eigenvalue weighted by atomic mass is 35.5. The number of hydrogen-bond acceptors (Lipinski definition) is 4. The fraction of sp³-hybridized carbons (Fsp3) is 0.0833. The van der Waals surface area contributed by atoms with Gasteiger partial charge in [-0.05, 0) is 24.6 Å². The van der Waals surface area contributed by atoms with Crippen LogP contribution in [-0.4, -0.2) is 16.6 Å². The molecule has 0 aliphatic carbocycles. The Morgan fingerprint density at radius 3 is 2.33 bits per heavy atom. The van der Waals surface area contributed by atoms with E-state index in [9.17, 15) is 4.79 Å². The molecule has 0 radical (unpaired) electrons. The lowest BCUT2D eigenvalue weighted by atomic mass is 10.1. The predicted molar refractivity (Wildman–Crippen MR) is 123 cm³/mol. The molecule has 0 spiro atoms. The number of aromatic nitrogens is 1. The fourth-order valence-corrected chi connectivity index (χ4v) is 3.88. The van der Waals surface area contributed by atoms with Gasteiger partial charge in [-0.2, -0.15) is 0 Å². The minimum atomic E-state index is -0.175. The highest BCUT2D eigenvalue weighted by molar-refractivity contribution is 7.99. The Bertz CT molecular complexity index is 1100. The van der Waals surface area contributed by atoms with Gasteiger partial charge in [0.2, 0.25) is 5.91 Å². The van der Waals surface area contributed by atoms with Gasteiger partial charge in [0.25, 0.3) is 5.22 Å². The van der Waals surface area contributed by atoms with Crippen molar-refractivity contribution in [2.75, 3.05) is 11.1 Å². The smallest absolute Gasteiger partial charge is 0.257 e. The summed E-state index contributed by atoms with van der Waals surface area (Å²) in [6.45, 7) is 1.95. The van der Waals surface area contributed by atoms with Crippen LogP contribution in [0.4, 0.5) is 5.69 Å². The van der Waals surface area contributed by atoms with Crippen molar-refractivity contribution in [2.45, 2.75) is 12.1 Å². The van der Waals surface area contributed by atoms with E-state index in [2.05, 4.69) is 10.3 Å². The zero-order chi connectivity index (χ0) is 20.9. The minimum absolute atomic E-state index is 0.160. The summed E-state index contributed by atoms with van der Waals surface area (Å²) in [6, 6.07) is 25.2. The van der Waals surface area contributed by atoms with Crippen LogP contribution < -0.4 is 5.32 Å². The van der Waals surface area contributed by atoms with Gasteiger partial charge in [0.1, 0.15) is 5.69 Å². The van der Waals surface area contributed by atoms with Crippen LogP contribution in [0.15, 0.2) is 88.5 Å². The molecule has 0 aliphatic heterocycles. The molecule has 0 atom stereocenters. The van der Waals surface area contributed by atoms with Gasteiger partial charge < -0.3 is 9.73 Å². The first-order valence-corrected chi connectivity index (χ1v) is 10.8. The summed E-state index contributed by atoms with van der Waals surface area (Å²) in [7, 11) is 0. The van der Waals surface area contributed by atoms with Crippen LogP contribution in [0.1, 0.15) is 5.56 Å². The summed E-state index contributed by atoms with van der Waals surface area (Å²) in [4.78, 5) is 17.0. The number of anilines is 1. The van der Waals surface area contributed by atoms with Crippen molar-refractivity contribution in [2.24, 2.45) is 0 Å². The van der Waals surface area contributed by atoms with E-state index in [4.69, 9.17) is 16.0 Å². The standard InChI is InChI=1S/C24H19ClN2O2S/c1-16-12-13-20(19(25)14-16)26-21(28)15-30-24-27-22(17-8-4-2-5-9-17)23(29-24)18-10-6-3-7-11-18/h2-14H,15H2,1H3,(H,26,28). The van der Waals surface area contributed by atoms with Gasteiger partial charge >= 0.3 is 0 Å². The molecule has 1 amide bonds. The molecule has 4 rings (SSSR count). The molecule has 0 unspecified atom stereocenters. The monoisotopic (exact) mass is 434 g/mol. The van der Waals surface area contributed by atoms with Crippen molar-refractivity contribution in [1.82, 2.24) is 4.98 Å². The molecule has 6 heteroatoms. The van der Waals surface area contributed by atoms with Gasteiger partial charge in [0.15, 0.2) is 5.76 Å². The second-order valence-electron chi connectivity index (χ2n) is 6.71. The number of carbonyl (C=O) groups excluding carboxylic acids is 1. The van der Waals surface area contributed by atoms with Crippen molar-refractivity contribution in [3.05, 3.63) is 89.4 Å². The zero-order valence-corrected chi connectivity index (χ0v) is 17.8. The number of hydrogen-bond donors (Lipinski definition) is 1. The van der Waals surface area contributed by atoms with Crippen molar-refractivity contribution in [3.63, 3.8) is 0 Å². The highest BCUT2D eigenvalue weighted by Gasteiger charge is 2.18. The van der Waals surface area contributed by atoms with Gasteiger partial charge in [-0.25, -0.2) is 4.98 Å². The summed E-state index contributed by atoms with van der Waals surface area (Å²) < 4.78 is 6.04. The maximum Gasteiger partial charge on any atom is 0.257 e. The summed E-state index contributed by atoms with van der Waals surface area (Å²) in [6.07, 6.45) is 0. The van der Waals surface area contributed by atoms with Gasteiger partial charge in [-0.3, -0.25) is 4.79 Å². The zero-order valence-electron chi connectivity index (χ0n) is 16.3. The van der Waals surface area contributed by atoms with Crippen LogP contribution >= 0.6 is 23.4 Å². The van der Waals surface area contributed by atoms with E-state index >= 15 is 0 Å². The van der Waals surface area contributed by atoms with Crippen LogP contribution in [0.3, 0.4) is 0 Å². The third-order valence-electron chi connectivity index (χ3n) is 4.42. The Kier molecular flexibility index (Phi) is 6.21. The first-order valence-electron chi connectivity index (χ1n) is 9.40. The number of nitrogens with one attached hydrogen (secondary N) is 1. The summed E-state index contributed by atoms with van der Waals surface area (Å²) in [5.41, 5.74) is 4.28. The Morgan fingerprint density at radius 1 is 1.00 bits per heavy atom. The van der Waals surface area contributed by atoms with Crippen LogP contribution in [0.5, 0.6) is 0 Å². The number of aryl methyl sites for hydroxylation is 1. The van der Waals surface area contributed by atoms with Crippen molar-refractivity contribution < 1.29 is 9.21 Å². The number of carbonyl (C=O) groups is 1. The molecule has 1 heterocycles. The lowest BCUT2D eigenvalue weighted by Gasteiger charge is -2.07. The third kappa shape index (κ3) is 4.75. The van der Waals surface area contributed by atoms with Crippen molar-refractivity contribution >= 4 is 35.0 Å². The van der Waals surface area contributed by atoms with E-state index in [1.807, 2.05) is 79.7 Å². The summed E-state index contributed by atoms with van der Waals surface area (Å²) in [5, 5.41) is 3.79. The second-order valence-corrected chi connectivity index (χ2v) is 8.04. The molecule has 0 fully saturated rings. The molecular weight excluding hydrogens is 416 g/mol. The molecule has 1 N–H and O–H groups in total. The van der Waals surface area contributed by atoms with E-state index in [0.29, 0.717) is 21.7 Å². The average Bonchev–Trinajstić information content (AvgIpc) is 3.20. The maximum atomic E-state index is 12.4. The van der Waals surface area contributed by atoms with Gasteiger partial charge in [-0.1, -0.05) is 90.1 Å². The predicted octanol–water partition coefficient (Wildman–Crippen LogP) is 6.70. The van der Waals surface area contributed by atoms with Crippen LogP contribution in [0.2, 0.25) is 5.02 Å². The van der Waals surface area contributed by atoms with E-state index < -0.39 is 0 Å². The van der Waals surface area contributed by atoms with E-state index in [-0.39, 0.29) is 11.7 Å². The molecule has 0 bridgehead atoms. The third-order valence-corrected chi connectivity index (χ3v) is 5.56. The molecule has 4 aromatic rings. The lowest BCUT2D eigenvalue weighted by Crippen LogP contribution is -2.14. The van der Waals surface area contributed by atoms with Crippen LogP contribution in [-0.2, 0) is 4.79 Å². The minimum Gasteiger partial charge on any atom is -0.431 e. The van der Waals surface area contributed by atoms with Crippen LogP contribution in [0, 0.1) is 6.92 Å². The van der Waals surface area contributed by atoms with Crippen molar-refractivity contribution in [1.29, 1.82) is 0 Å². The molecule has 0 aliphatic rings. The number of halogens is 1. The van der Waals surface area contributed by atoms with Crippen molar-refractivity contribution in [3.8, 4) is 22.6 Å². The molecule has 0 saturated heterocycles. The first-order chi connectivity index (χ1) is 14.6. The molecule has 3 aromatic carbocycles. The average molecular weight is 435 g/mol. The lowest BCUT2D eigenvalue weighted by molar-refractivity contribution is -0.113. The number of thioether (sulfide) groups is 1. The first kappa shape index (κ1) is 20.3. The summed E-state index contributed by atoms with van der Waals surface area (Å²) in [5.74, 6) is 0.672. The van der Waals surface area contributed by atoms with E-state index in [0.717, 1.165) is 22.4 Å². The number of oxazole rings is 1. The molecule has 150 valence electrons. The molecule has 1 aromatic heterocycles. The molecule has 4 nitrogen and oxygen atoms in total. The molecular formula is C24H19ClN2O2S. The summed E-state index contributed by atoms with van der Waals surface area (Å²) >= 11 is 7.45. The molecule has 30 heavy (non-hydrogen) atoms. The Labute approximate surface area is 184 Å². The number of rotatable bonds is 6. The number of amides is 1. The largest absolute Gasteiger partial charge is 0.431 e. The number of benzene rings is 3. The van der Waals surface area contributed by atoms with Gasteiger partial charge in [-0.15, -0.1) is 0 Å². The fourth-order valence-electron chi connectivity index (χ4n) is 2.97. The second kappa shape index (κ2) is 9.20. The van der Waals surface area contributed by atoms with E-state index in [1.54, 1.807) is 6.07 Å². The van der Waals surface area contributed by atoms with Crippen LogP contribution in [0.25, 0.3) is 22.6 Å². The van der Waals surface area contributed by atoms with Gasteiger partial charge in [0.05, 0.1) is 16.5 Å². The number of nitrogens with zero attached hydrogens (tertiary/aromatic N) is 1. The maximum absolute atomic E-state index is 12.4. The topological polar surface area (TPSA) is 55.1 Å². The Balaban J connectivity index is 1.53. The van der Waals surface area contributed by atoms with E-state index in [1.165, 1.54) is 11.8 Å². The SMILES string of the molecule is Cc1ccc(NC(=O)CSc2nc(-c3ccccc3)c(-c3ccccc3)o2)c(Cl)c1.